The van der Waals surface area contributed by atoms with Gasteiger partial charge < -0.3 is 20.1 Å². The number of rotatable bonds is 5. The molecule has 1 saturated heterocycles. The Labute approximate surface area is 283 Å². The standard InChI is InChI=1S/C16H15N3O2.C14H11N3O2.C4H8O.Li.H2O/c1-3-21-16(20)12-4-5-14-13(10-12)15(18-19(14)2)11-6-8-17-9-7-11;1-17-12-3-2-10(14(18)19)8-11(12)13(16-17)9-4-6-15-7-5-9;1-2-4-5-3-1;;/h4-10H,3H2,1-2H3;2-8H,1H3,(H,18,19);1-4H2;;1H2/q;;;+1;/p-1. The Morgan fingerprint density at radius 1 is 0.766 bits per heavy atom. The van der Waals surface area contributed by atoms with Gasteiger partial charge in [0.05, 0.1) is 28.8 Å². The summed E-state index contributed by atoms with van der Waals surface area (Å²) < 4.78 is 13.5. The molecule has 1 fully saturated rings. The average molecular weight is 631 g/mol. The molecular weight excluding hydrogens is 595 g/mol. The summed E-state index contributed by atoms with van der Waals surface area (Å²) in [5, 5.41) is 19.8. The number of ether oxygens (including phenoxy) is 2. The van der Waals surface area contributed by atoms with Gasteiger partial charge in [0.15, 0.2) is 0 Å². The number of carbonyl (C=O) groups excluding carboxylic acids is 1. The second-order valence-corrected chi connectivity index (χ2v) is 10.2. The molecule has 13 heteroatoms. The maximum absolute atomic E-state index is 11.9. The first-order valence-electron chi connectivity index (χ1n) is 14.6. The smallest absolute Gasteiger partial charge is 0.870 e. The first kappa shape index (κ1) is 36.6. The van der Waals surface area contributed by atoms with Crippen molar-refractivity contribution in [2.45, 2.75) is 19.8 Å². The zero-order valence-electron chi connectivity index (χ0n) is 26.8. The van der Waals surface area contributed by atoms with Crippen molar-refractivity contribution in [3.8, 4) is 22.5 Å². The molecular formula is C34H35LiN6O6. The van der Waals surface area contributed by atoms with Crippen LogP contribution in [0.2, 0.25) is 0 Å². The van der Waals surface area contributed by atoms with Crippen LogP contribution in [0.25, 0.3) is 44.3 Å². The number of pyridine rings is 2. The van der Waals surface area contributed by atoms with E-state index >= 15 is 0 Å². The average Bonchev–Trinajstić information content (AvgIpc) is 3.83. The quantitative estimate of drug-likeness (QED) is 0.221. The van der Waals surface area contributed by atoms with Crippen LogP contribution in [0, 0.1) is 0 Å². The van der Waals surface area contributed by atoms with Crippen LogP contribution < -0.4 is 18.9 Å². The monoisotopic (exact) mass is 630 g/mol. The Bertz CT molecular complexity index is 1920. The van der Waals surface area contributed by atoms with Crippen molar-refractivity contribution < 1.29 is 48.5 Å². The van der Waals surface area contributed by atoms with Crippen LogP contribution in [0.3, 0.4) is 0 Å². The maximum Gasteiger partial charge on any atom is 1.00 e. The molecule has 6 aromatic rings. The van der Waals surface area contributed by atoms with E-state index in [0.717, 1.165) is 57.5 Å². The van der Waals surface area contributed by atoms with Gasteiger partial charge in [0.1, 0.15) is 11.4 Å². The molecule has 2 N–H and O–H groups in total. The summed E-state index contributed by atoms with van der Waals surface area (Å²) >= 11 is 0. The van der Waals surface area contributed by atoms with Crippen LogP contribution in [-0.4, -0.2) is 71.9 Å². The number of hydrogen-bond acceptors (Lipinski definition) is 9. The van der Waals surface area contributed by atoms with E-state index in [1.807, 2.05) is 50.5 Å². The minimum Gasteiger partial charge on any atom is -0.870 e. The summed E-state index contributed by atoms with van der Waals surface area (Å²) in [6.07, 6.45) is 9.39. The number of fused-ring (bicyclic) bond motifs is 2. The molecule has 1 aliphatic rings. The van der Waals surface area contributed by atoms with Gasteiger partial charge in [-0.05, 0) is 80.4 Å². The fourth-order valence-corrected chi connectivity index (χ4v) is 4.96. The predicted molar refractivity (Wildman–Crippen MR) is 173 cm³/mol. The third kappa shape index (κ3) is 8.69. The Balaban J connectivity index is 0.000000215. The van der Waals surface area contributed by atoms with Gasteiger partial charge >= 0.3 is 30.8 Å². The molecule has 0 bridgehead atoms. The SMILES string of the molecule is C1CCOC1.CCOC(=O)c1ccc2c(c1)c(-c1ccncc1)nn2C.Cn1nc(-c2ccncc2)c2cc(C(=O)O)ccc21.[Li+].[OH-]. The van der Waals surface area contributed by atoms with E-state index < -0.39 is 5.97 Å². The van der Waals surface area contributed by atoms with Gasteiger partial charge in [0.25, 0.3) is 0 Å². The van der Waals surface area contributed by atoms with Crippen molar-refractivity contribution in [3.63, 3.8) is 0 Å². The summed E-state index contributed by atoms with van der Waals surface area (Å²) in [5.41, 5.74) is 6.15. The number of aromatic carboxylic acids is 1. The Kier molecular flexibility index (Phi) is 13.4. The number of hydrogen-bond donors (Lipinski definition) is 1. The number of aromatic nitrogens is 6. The molecule has 0 radical (unpaired) electrons. The topological polar surface area (TPSA) is 164 Å². The van der Waals surface area contributed by atoms with Crippen molar-refractivity contribution in [1.29, 1.82) is 0 Å². The molecule has 0 unspecified atom stereocenters. The molecule has 12 nitrogen and oxygen atoms in total. The van der Waals surface area contributed by atoms with E-state index in [0.29, 0.717) is 12.2 Å². The van der Waals surface area contributed by atoms with Crippen LogP contribution in [0.5, 0.6) is 0 Å². The Morgan fingerprint density at radius 2 is 1.21 bits per heavy atom. The molecule has 5 heterocycles. The number of carboxylic acids is 1. The van der Waals surface area contributed by atoms with Crippen molar-refractivity contribution in [2.24, 2.45) is 14.1 Å². The Morgan fingerprint density at radius 3 is 1.62 bits per heavy atom. The van der Waals surface area contributed by atoms with E-state index in [2.05, 4.69) is 20.2 Å². The van der Waals surface area contributed by atoms with Gasteiger partial charge in [-0.1, -0.05) is 0 Å². The second-order valence-electron chi connectivity index (χ2n) is 10.2. The zero-order chi connectivity index (χ0) is 31.8. The molecule has 2 aromatic carbocycles. The summed E-state index contributed by atoms with van der Waals surface area (Å²) in [6.45, 7) is 4.16. The van der Waals surface area contributed by atoms with E-state index in [4.69, 9.17) is 14.6 Å². The normalized spacial score (nSPS) is 11.7. The minimum atomic E-state index is -0.938. The van der Waals surface area contributed by atoms with Gasteiger partial charge in [-0.2, -0.15) is 10.2 Å². The largest absolute Gasteiger partial charge is 1.00 e. The number of nitrogens with zero attached hydrogens (tertiary/aromatic N) is 6. The molecule has 0 saturated carbocycles. The van der Waals surface area contributed by atoms with Gasteiger partial charge in [0, 0.05) is 74.0 Å². The number of carboxylic acid groups (broad SMARTS) is 1. The third-order valence-corrected chi connectivity index (χ3v) is 7.19. The summed E-state index contributed by atoms with van der Waals surface area (Å²) in [4.78, 5) is 30.9. The fraction of sp³-hybridized carbons (Fsp3) is 0.235. The Hall–Kier alpha value is -4.86. The van der Waals surface area contributed by atoms with E-state index in [-0.39, 0.29) is 35.9 Å². The van der Waals surface area contributed by atoms with Crippen LogP contribution >= 0.6 is 0 Å². The fourth-order valence-electron chi connectivity index (χ4n) is 4.96. The van der Waals surface area contributed by atoms with Crippen molar-refractivity contribution in [3.05, 3.63) is 96.6 Å². The van der Waals surface area contributed by atoms with Gasteiger partial charge in [0.2, 0.25) is 0 Å². The van der Waals surface area contributed by atoms with Crippen molar-refractivity contribution in [1.82, 2.24) is 29.5 Å². The predicted octanol–water partition coefficient (Wildman–Crippen LogP) is 2.77. The first-order chi connectivity index (χ1) is 21.9. The molecule has 0 amide bonds. The number of esters is 1. The van der Waals surface area contributed by atoms with E-state index in [9.17, 15) is 9.59 Å². The van der Waals surface area contributed by atoms with Gasteiger partial charge in [-0.15, -0.1) is 0 Å². The number of carbonyl (C=O) groups is 2. The number of benzene rings is 2. The molecule has 1 aliphatic heterocycles. The molecule has 4 aromatic heterocycles. The van der Waals surface area contributed by atoms with Gasteiger partial charge in [-0.25, -0.2) is 9.59 Å². The van der Waals surface area contributed by atoms with E-state index in [1.54, 1.807) is 65.3 Å². The summed E-state index contributed by atoms with van der Waals surface area (Å²) in [6, 6.07) is 18.0. The molecule has 7 rings (SSSR count). The van der Waals surface area contributed by atoms with Gasteiger partial charge in [-0.3, -0.25) is 19.3 Å². The molecule has 47 heavy (non-hydrogen) atoms. The van der Waals surface area contributed by atoms with E-state index in [1.165, 1.54) is 12.8 Å². The van der Waals surface area contributed by atoms with Crippen LogP contribution in [0.15, 0.2) is 85.5 Å². The third-order valence-electron chi connectivity index (χ3n) is 7.19. The zero-order valence-corrected chi connectivity index (χ0v) is 26.8. The van der Waals surface area contributed by atoms with Crippen LogP contribution in [0.1, 0.15) is 40.5 Å². The van der Waals surface area contributed by atoms with Crippen molar-refractivity contribution in [2.75, 3.05) is 19.8 Å². The summed E-state index contributed by atoms with van der Waals surface area (Å²) in [5.74, 6) is -1.25. The molecule has 238 valence electrons. The molecule has 0 spiro atoms. The number of aryl methyl sites for hydroxylation is 2. The minimum absolute atomic E-state index is 0. The molecule has 0 aliphatic carbocycles. The van der Waals surface area contributed by atoms with Crippen LogP contribution in [-0.2, 0) is 23.6 Å². The molecule has 0 atom stereocenters. The first-order valence-corrected chi connectivity index (χ1v) is 14.6. The second kappa shape index (κ2) is 17.2. The summed E-state index contributed by atoms with van der Waals surface area (Å²) in [7, 11) is 3.73. The van der Waals surface area contributed by atoms with Crippen molar-refractivity contribution >= 4 is 33.7 Å². The van der Waals surface area contributed by atoms with Crippen LogP contribution in [0.4, 0.5) is 0 Å². The maximum atomic E-state index is 11.9.